The van der Waals surface area contributed by atoms with E-state index in [-0.39, 0.29) is 30.2 Å². The lowest BCUT2D eigenvalue weighted by atomic mass is 10.0. The second-order valence-corrected chi connectivity index (χ2v) is 14.9. The fourth-order valence-electron chi connectivity index (χ4n) is 5.59. The molecule has 3 amide bonds. The van der Waals surface area contributed by atoms with Gasteiger partial charge in [0.15, 0.2) is 0 Å². The van der Waals surface area contributed by atoms with E-state index in [1.165, 1.54) is 24.1 Å². The fourth-order valence-corrected chi connectivity index (χ4v) is 6.93. The number of methoxy groups -OCH3 is 1. The summed E-state index contributed by atoms with van der Waals surface area (Å²) in [6, 6.07) is 3.68. The number of alkyl carbamates (subject to hydrolysis) is 1. The Morgan fingerprint density at radius 1 is 1.11 bits per heavy atom. The number of ether oxygens (including phenoxy) is 2. The van der Waals surface area contributed by atoms with Crippen LogP contribution in [-0.2, 0) is 38.2 Å². The van der Waals surface area contributed by atoms with Crippen LogP contribution in [0.25, 0.3) is 0 Å². The second-order valence-electron chi connectivity index (χ2n) is 12.4. The molecule has 44 heavy (non-hydrogen) atoms. The molecule has 0 radical (unpaired) electrons. The number of hydrogen-bond acceptors (Lipinski definition) is 9. The lowest BCUT2D eigenvalue weighted by Crippen LogP contribution is -2.56. The Hall–Kier alpha value is -2.97. The van der Waals surface area contributed by atoms with Gasteiger partial charge in [-0.3, -0.25) is 13.8 Å². The monoisotopic (exact) mass is 697 g/mol. The molecule has 2 fully saturated rings. The zero-order valence-electron chi connectivity index (χ0n) is 25.3. The van der Waals surface area contributed by atoms with Crippen molar-refractivity contribution < 1.29 is 41.3 Å². The topological polar surface area (TPSA) is 157 Å². The van der Waals surface area contributed by atoms with Crippen molar-refractivity contribution >= 4 is 49.9 Å². The zero-order valence-corrected chi connectivity index (χ0v) is 27.7. The average Bonchev–Trinajstić information content (AvgIpc) is 3.47. The molecule has 1 aromatic rings. The van der Waals surface area contributed by atoms with Gasteiger partial charge in [-0.05, 0) is 70.7 Å². The number of halogens is 1. The highest BCUT2D eigenvalue weighted by Crippen LogP contribution is 2.46. The van der Waals surface area contributed by atoms with Gasteiger partial charge in [0.1, 0.15) is 23.2 Å². The van der Waals surface area contributed by atoms with Gasteiger partial charge in [0.25, 0.3) is 10.1 Å². The Labute approximate surface area is 266 Å². The molecular weight excluding hydrogens is 658 g/mol. The molecule has 14 heteroatoms. The summed E-state index contributed by atoms with van der Waals surface area (Å²) in [6.07, 6.45) is 5.45. The number of carbonyl (C=O) groups is 4. The third kappa shape index (κ3) is 8.19. The number of allylic oxidation sites excluding steroid dienone is 1. The van der Waals surface area contributed by atoms with Crippen LogP contribution in [0.4, 0.5) is 4.79 Å². The fraction of sp³-hybridized carbons (Fsp3) is 0.600. The van der Waals surface area contributed by atoms with Crippen LogP contribution in [0, 0.1) is 5.92 Å². The highest BCUT2D eigenvalue weighted by molar-refractivity contribution is 9.10. The smallest absolute Gasteiger partial charge is 0.408 e. The molecule has 2 N–H and O–H groups in total. The van der Waals surface area contributed by atoms with E-state index in [0.29, 0.717) is 17.3 Å². The third-order valence-electron chi connectivity index (χ3n) is 7.85. The van der Waals surface area contributed by atoms with E-state index in [9.17, 15) is 27.6 Å². The van der Waals surface area contributed by atoms with Gasteiger partial charge in [-0.15, -0.1) is 0 Å². The molecule has 3 aliphatic rings. The summed E-state index contributed by atoms with van der Waals surface area (Å²) in [5, 5.41) is 5.46. The second kappa shape index (κ2) is 13.6. The molecule has 0 spiro atoms. The van der Waals surface area contributed by atoms with Crippen LogP contribution in [-0.4, -0.2) is 80.2 Å². The molecule has 4 rings (SSSR count). The summed E-state index contributed by atoms with van der Waals surface area (Å²) in [5.74, 6) is -2.09. The van der Waals surface area contributed by atoms with Crippen molar-refractivity contribution in [2.75, 3.05) is 13.7 Å². The van der Waals surface area contributed by atoms with Gasteiger partial charge in [0.05, 0.1) is 18.1 Å². The lowest BCUT2D eigenvalue weighted by molar-refractivity contribution is -0.148. The number of rotatable bonds is 5. The summed E-state index contributed by atoms with van der Waals surface area (Å²) in [5.41, 5.74) is -2.09. The maximum absolute atomic E-state index is 14.1. The van der Waals surface area contributed by atoms with Gasteiger partial charge in [-0.1, -0.05) is 40.9 Å². The van der Waals surface area contributed by atoms with Gasteiger partial charge in [-0.2, -0.15) is 8.42 Å². The molecule has 0 aromatic heterocycles. The molecule has 1 saturated carbocycles. The first-order valence-corrected chi connectivity index (χ1v) is 16.9. The first-order chi connectivity index (χ1) is 20.6. The van der Waals surface area contributed by atoms with Crippen molar-refractivity contribution in [2.45, 2.75) is 99.9 Å². The van der Waals surface area contributed by atoms with Crippen LogP contribution in [0.1, 0.15) is 65.7 Å². The lowest BCUT2D eigenvalue weighted by Gasteiger charge is -2.30. The quantitative estimate of drug-likeness (QED) is 0.267. The number of hydrogen-bond donors (Lipinski definition) is 2. The highest BCUT2D eigenvalue weighted by Gasteiger charge is 2.62. The maximum atomic E-state index is 14.1. The Balaban J connectivity index is 1.64. The van der Waals surface area contributed by atoms with E-state index in [1.54, 1.807) is 32.9 Å². The predicted molar refractivity (Wildman–Crippen MR) is 163 cm³/mol. The first-order valence-electron chi connectivity index (χ1n) is 14.7. The van der Waals surface area contributed by atoms with Gasteiger partial charge in [-0.25, -0.2) is 9.59 Å². The van der Waals surface area contributed by atoms with Crippen molar-refractivity contribution in [2.24, 2.45) is 5.92 Å². The normalized spacial score (nSPS) is 28.8. The van der Waals surface area contributed by atoms with Crippen LogP contribution in [0.15, 0.2) is 45.8 Å². The van der Waals surface area contributed by atoms with Crippen LogP contribution in [0.3, 0.4) is 0 Å². The maximum Gasteiger partial charge on any atom is 0.408 e. The summed E-state index contributed by atoms with van der Waals surface area (Å²) in [7, 11) is -3.00. The van der Waals surface area contributed by atoms with Crippen LogP contribution >= 0.6 is 15.9 Å². The first kappa shape index (κ1) is 33.9. The molecule has 1 aliphatic carbocycles. The molecule has 12 nitrogen and oxygen atoms in total. The third-order valence-corrected chi connectivity index (χ3v) is 9.75. The van der Waals surface area contributed by atoms with Gasteiger partial charge >= 0.3 is 12.1 Å². The molecule has 2 heterocycles. The zero-order chi connectivity index (χ0) is 32.3. The molecule has 1 aromatic carbocycles. The summed E-state index contributed by atoms with van der Waals surface area (Å²) >= 11 is 3.27. The minimum absolute atomic E-state index is 0.0809. The molecule has 1 saturated heterocycles. The standard InChI is InChI=1S/C30H40BrN3O9S/c1-29(2,3)42-28(38)32-23-11-9-7-5-6-8-10-19-17-30(19,27(37)41-4)33-25(35)24-16-21(18-34(24)26(23)36)43-44(39,40)22-14-12-20(31)13-15-22/h8,10,12-15,19,21,23-24H,5-7,9,11,16-18H2,1-4H3,(H,32,38)(H,33,35)/b10-8-/t19?,21?,23-,24?,30+/m0/s1. The molecule has 0 bridgehead atoms. The SMILES string of the molecule is COC(=O)[C@@]12CC1/C=C\CCCCC[C@H](NC(=O)OC(C)(C)C)C(=O)N1CC(OS(=O)(=O)c3ccc(Br)cc3)CC1C(=O)N2. The minimum Gasteiger partial charge on any atom is -0.467 e. The van der Waals surface area contributed by atoms with E-state index in [4.69, 9.17) is 13.7 Å². The summed E-state index contributed by atoms with van der Waals surface area (Å²) < 4.78 is 42.9. The van der Waals surface area contributed by atoms with Crippen LogP contribution in [0.2, 0.25) is 0 Å². The molecule has 2 aliphatic heterocycles. The highest BCUT2D eigenvalue weighted by atomic mass is 79.9. The Morgan fingerprint density at radius 3 is 2.48 bits per heavy atom. The van der Waals surface area contributed by atoms with Crippen molar-refractivity contribution in [3.05, 3.63) is 40.9 Å². The number of carbonyl (C=O) groups excluding carboxylic acids is 4. The van der Waals surface area contributed by atoms with E-state index in [0.717, 1.165) is 19.3 Å². The van der Waals surface area contributed by atoms with E-state index >= 15 is 0 Å². The number of benzene rings is 1. The minimum atomic E-state index is -4.24. The summed E-state index contributed by atoms with van der Waals surface area (Å²) in [4.78, 5) is 54.6. The predicted octanol–water partition coefficient (Wildman–Crippen LogP) is 3.59. The number of fused-ring (bicyclic) bond motifs is 2. The Kier molecular flexibility index (Phi) is 10.5. The van der Waals surface area contributed by atoms with Crippen molar-refractivity contribution in [1.82, 2.24) is 15.5 Å². The number of nitrogens with zero attached hydrogens (tertiary/aromatic N) is 1. The van der Waals surface area contributed by atoms with E-state index in [2.05, 4.69) is 26.6 Å². The number of amides is 3. The van der Waals surface area contributed by atoms with Gasteiger partial charge in [0.2, 0.25) is 11.8 Å². The molecule has 3 unspecified atom stereocenters. The Morgan fingerprint density at radius 2 is 1.82 bits per heavy atom. The van der Waals surface area contributed by atoms with Crippen molar-refractivity contribution in [3.63, 3.8) is 0 Å². The van der Waals surface area contributed by atoms with Crippen LogP contribution < -0.4 is 10.6 Å². The number of nitrogens with one attached hydrogen (secondary N) is 2. The number of esters is 1. The van der Waals surface area contributed by atoms with E-state index < -0.39 is 63.3 Å². The van der Waals surface area contributed by atoms with Gasteiger partial charge < -0.3 is 25.0 Å². The van der Waals surface area contributed by atoms with Gasteiger partial charge in [0, 0.05) is 23.4 Å². The molecular formula is C30H40BrN3O9S. The average molecular weight is 699 g/mol. The van der Waals surface area contributed by atoms with Crippen LogP contribution in [0.5, 0.6) is 0 Å². The van der Waals surface area contributed by atoms with Crippen molar-refractivity contribution in [1.29, 1.82) is 0 Å². The van der Waals surface area contributed by atoms with E-state index in [1.807, 2.05) is 12.2 Å². The molecule has 242 valence electrons. The Bertz CT molecular complexity index is 1390. The molecule has 5 atom stereocenters. The van der Waals surface area contributed by atoms with Crippen molar-refractivity contribution in [3.8, 4) is 0 Å². The largest absolute Gasteiger partial charge is 0.467 e. The summed E-state index contributed by atoms with van der Waals surface area (Å²) in [6.45, 7) is 4.88.